The Morgan fingerprint density at radius 1 is 1.29 bits per heavy atom. The van der Waals surface area contributed by atoms with Crippen molar-refractivity contribution in [1.82, 2.24) is 5.32 Å². The van der Waals surface area contributed by atoms with Gasteiger partial charge in [-0.15, -0.1) is 0 Å². The fourth-order valence-electron chi connectivity index (χ4n) is 3.08. The number of hydrogen-bond acceptors (Lipinski definition) is 3. The topological polar surface area (TPSA) is 35.5 Å². The summed E-state index contributed by atoms with van der Waals surface area (Å²) < 4.78 is 13.9. The maximum atomic E-state index is 13.9. The van der Waals surface area contributed by atoms with E-state index in [-0.39, 0.29) is 18.0 Å². The number of rotatable bonds is 4. The highest BCUT2D eigenvalue weighted by Gasteiger charge is 2.25. The van der Waals surface area contributed by atoms with Gasteiger partial charge in [-0.2, -0.15) is 0 Å². The van der Waals surface area contributed by atoms with Crippen molar-refractivity contribution in [3.63, 3.8) is 0 Å². The zero-order valence-electron chi connectivity index (χ0n) is 13.5. The number of benzene rings is 1. The molecule has 1 fully saturated rings. The van der Waals surface area contributed by atoms with Gasteiger partial charge in [-0.1, -0.05) is 0 Å². The van der Waals surface area contributed by atoms with Crippen LogP contribution in [0.25, 0.3) is 0 Å². The van der Waals surface area contributed by atoms with Crippen molar-refractivity contribution < 1.29 is 9.50 Å². The Morgan fingerprint density at radius 3 is 2.43 bits per heavy atom. The van der Waals surface area contributed by atoms with E-state index in [1.165, 1.54) is 0 Å². The number of nitrogens with zero attached hydrogens (tertiary/aromatic N) is 1. The van der Waals surface area contributed by atoms with Gasteiger partial charge in [-0.05, 0) is 69.8 Å². The first-order valence-electron chi connectivity index (χ1n) is 7.84. The first-order valence-corrected chi connectivity index (χ1v) is 7.84. The molecule has 2 N–H and O–H groups in total. The van der Waals surface area contributed by atoms with Crippen LogP contribution in [0.2, 0.25) is 0 Å². The van der Waals surface area contributed by atoms with E-state index in [1.807, 2.05) is 27.0 Å². The van der Waals surface area contributed by atoms with Gasteiger partial charge in [-0.25, -0.2) is 4.39 Å². The number of anilines is 1. The Hall–Kier alpha value is -1.13. The molecule has 21 heavy (non-hydrogen) atoms. The van der Waals surface area contributed by atoms with Gasteiger partial charge in [0.25, 0.3) is 0 Å². The Bertz CT molecular complexity index is 482. The Kier molecular flexibility index (Phi) is 5.22. The van der Waals surface area contributed by atoms with Gasteiger partial charge in [-0.3, -0.25) is 0 Å². The standard InChI is InChI=1S/C17H27FN2O/c1-11-9-17(15(10-16(11)18)12(2)19-4)20-7-5-14(6-8-20)13(3)21/h9-10,12-14,19,21H,5-8H2,1-4H3. The minimum Gasteiger partial charge on any atom is -0.393 e. The number of aliphatic hydroxyl groups is 1. The molecule has 3 nitrogen and oxygen atoms in total. The highest BCUT2D eigenvalue weighted by Crippen LogP contribution is 2.32. The molecular weight excluding hydrogens is 267 g/mol. The Balaban J connectivity index is 2.25. The van der Waals surface area contributed by atoms with E-state index in [4.69, 9.17) is 0 Å². The predicted molar refractivity (Wildman–Crippen MR) is 85.2 cm³/mol. The van der Waals surface area contributed by atoms with Gasteiger partial charge >= 0.3 is 0 Å². The molecule has 0 aliphatic carbocycles. The third kappa shape index (κ3) is 3.55. The molecule has 0 aromatic heterocycles. The summed E-state index contributed by atoms with van der Waals surface area (Å²) in [5, 5.41) is 12.9. The summed E-state index contributed by atoms with van der Waals surface area (Å²) in [4.78, 5) is 2.33. The zero-order valence-corrected chi connectivity index (χ0v) is 13.5. The third-order valence-electron chi connectivity index (χ3n) is 4.77. The summed E-state index contributed by atoms with van der Waals surface area (Å²) in [6.07, 6.45) is 1.74. The molecule has 118 valence electrons. The molecule has 4 heteroatoms. The Labute approximate surface area is 127 Å². The lowest BCUT2D eigenvalue weighted by molar-refractivity contribution is 0.110. The first-order chi connectivity index (χ1) is 9.93. The van der Waals surface area contributed by atoms with Crippen LogP contribution in [0.4, 0.5) is 10.1 Å². The second kappa shape index (κ2) is 6.75. The van der Waals surface area contributed by atoms with Crippen LogP contribution < -0.4 is 10.2 Å². The molecule has 0 bridgehead atoms. The van der Waals surface area contributed by atoms with Crippen molar-refractivity contribution in [3.05, 3.63) is 29.1 Å². The number of piperidine rings is 1. The van der Waals surface area contributed by atoms with Gasteiger partial charge in [0.2, 0.25) is 0 Å². The minimum atomic E-state index is -0.238. The summed E-state index contributed by atoms with van der Waals surface area (Å²) in [5.41, 5.74) is 2.82. The fraction of sp³-hybridized carbons (Fsp3) is 0.647. The maximum absolute atomic E-state index is 13.9. The molecule has 1 saturated heterocycles. The molecule has 1 heterocycles. The average molecular weight is 294 g/mol. The smallest absolute Gasteiger partial charge is 0.126 e. The number of hydrogen-bond donors (Lipinski definition) is 2. The van der Waals surface area contributed by atoms with Crippen LogP contribution in [-0.2, 0) is 0 Å². The fourth-order valence-corrected chi connectivity index (χ4v) is 3.08. The van der Waals surface area contributed by atoms with E-state index in [0.717, 1.165) is 37.2 Å². The van der Waals surface area contributed by atoms with Gasteiger partial charge in [0.05, 0.1) is 6.10 Å². The predicted octanol–water partition coefficient (Wildman–Crippen LogP) is 3.01. The van der Waals surface area contributed by atoms with E-state index in [1.54, 1.807) is 6.07 Å². The number of aliphatic hydroxyl groups excluding tert-OH is 1. The highest BCUT2D eigenvalue weighted by molar-refractivity contribution is 5.57. The van der Waals surface area contributed by atoms with Gasteiger partial charge in [0.1, 0.15) is 5.82 Å². The van der Waals surface area contributed by atoms with Crippen molar-refractivity contribution in [2.24, 2.45) is 5.92 Å². The van der Waals surface area contributed by atoms with E-state index in [9.17, 15) is 9.50 Å². The summed E-state index contributed by atoms with van der Waals surface area (Å²) in [5.74, 6) is 0.239. The monoisotopic (exact) mass is 294 g/mol. The van der Waals surface area contributed by atoms with E-state index in [2.05, 4.69) is 17.1 Å². The lowest BCUT2D eigenvalue weighted by atomic mass is 9.91. The zero-order chi connectivity index (χ0) is 15.6. The van der Waals surface area contributed by atoms with Gasteiger partial charge < -0.3 is 15.3 Å². The van der Waals surface area contributed by atoms with E-state index >= 15 is 0 Å². The molecule has 1 aliphatic heterocycles. The molecule has 0 radical (unpaired) electrons. The molecule has 0 amide bonds. The van der Waals surface area contributed by atoms with E-state index < -0.39 is 0 Å². The Morgan fingerprint density at radius 2 is 1.90 bits per heavy atom. The average Bonchev–Trinajstić information content (AvgIpc) is 2.48. The van der Waals surface area contributed by atoms with Gasteiger partial charge in [0, 0.05) is 24.8 Å². The van der Waals surface area contributed by atoms with Crippen molar-refractivity contribution in [3.8, 4) is 0 Å². The van der Waals surface area contributed by atoms with E-state index in [0.29, 0.717) is 11.5 Å². The van der Waals surface area contributed by atoms with Crippen molar-refractivity contribution in [2.45, 2.75) is 45.8 Å². The highest BCUT2D eigenvalue weighted by atomic mass is 19.1. The number of halogens is 1. The summed E-state index contributed by atoms with van der Waals surface area (Å²) >= 11 is 0. The maximum Gasteiger partial charge on any atom is 0.126 e. The molecular formula is C17H27FN2O. The minimum absolute atomic E-state index is 0.115. The quantitative estimate of drug-likeness (QED) is 0.896. The van der Waals surface area contributed by atoms with Crippen molar-refractivity contribution >= 4 is 5.69 Å². The summed E-state index contributed by atoms with van der Waals surface area (Å²) in [6.45, 7) is 7.58. The lowest BCUT2D eigenvalue weighted by Crippen LogP contribution is -2.38. The molecule has 0 saturated carbocycles. The van der Waals surface area contributed by atoms with Crippen LogP contribution >= 0.6 is 0 Å². The van der Waals surface area contributed by atoms with Crippen molar-refractivity contribution in [2.75, 3.05) is 25.0 Å². The molecule has 1 aromatic carbocycles. The summed E-state index contributed by atoms with van der Waals surface area (Å²) in [6, 6.07) is 3.73. The van der Waals surface area contributed by atoms with Crippen LogP contribution in [0, 0.1) is 18.7 Å². The van der Waals surface area contributed by atoms with Crippen LogP contribution in [0.3, 0.4) is 0 Å². The van der Waals surface area contributed by atoms with Crippen molar-refractivity contribution in [1.29, 1.82) is 0 Å². The van der Waals surface area contributed by atoms with Gasteiger partial charge in [0.15, 0.2) is 0 Å². The first kappa shape index (κ1) is 16.2. The number of aryl methyl sites for hydroxylation is 1. The lowest BCUT2D eigenvalue weighted by Gasteiger charge is -2.36. The van der Waals surface area contributed by atoms with Crippen LogP contribution in [0.15, 0.2) is 12.1 Å². The normalized spacial score (nSPS) is 19.6. The number of nitrogens with one attached hydrogen (secondary N) is 1. The molecule has 2 rings (SSSR count). The molecule has 2 atom stereocenters. The summed E-state index contributed by atoms with van der Waals surface area (Å²) in [7, 11) is 1.89. The molecule has 2 unspecified atom stereocenters. The van der Waals surface area contributed by atoms with Crippen LogP contribution in [-0.4, -0.2) is 31.3 Å². The second-order valence-electron chi connectivity index (χ2n) is 6.24. The molecule has 1 aromatic rings. The van der Waals surface area contributed by atoms with Crippen LogP contribution in [0.1, 0.15) is 43.9 Å². The molecule has 1 aliphatic rings. The SMILES string of the molecule is CNC(C)c1cc(F)c(C)cc1N1CCC(C(C)O)CC1. The third-order valence-corrected chi connectivity index (χ3v) is 4.77. The largest absolute Gasteiger partial charge is 0.393 e. The molecule has 0 spiro atoms. The van der Waals surface area contributed by atoms with Crippen LogP contribution in [0.5, 0.6) is 0 Å². The second-order valence-corrected chi connectivity index (χ2v) is 6.24.